The Labute approximate surface area is 206 Å². The Morgan fingerprint density at radius 1 is 0.829 bits per heavy atom. The van der Waals surface area contributed by atoms with Crippen molar-refractivity contribution in [2.45, 2.75) is 32.6 Å². The Balaban J connectivity index is 1.33. The molecule has 2 N–H and O–H groups in total. The van der Waals surface area contributed by atoms with E-state index in [1.807, 2.05) is 97.9 Å². The first-order valence-electron chi connectivity index (χ1n) is 11.9. The van der Waals surface area contributed by atoms with Gasteiger partial charge in [-0.25, -0.2) is 4.68 Å². The number of anilines is 1. The smallest absolute Gasteiger partial charge is 0.225 e. The molecule has 178 valence electrons. The number of benzene rings is 3. The molecule has 0 aliphatic carbocycles. The molecule has 0 fully saturated rings. The minimum Gasteiger partial charge on any atom is -0.356 e. The highest BCUT2D eigenvalue weighted by Gasteiger charge is 2.14. The van der Waals surface area contributed by atoms with E-state index in [1.165, 1.54) is 5.56 Å². The van der Waals surface area contributed by atoms with E-state index >= 15 is 0 Å². The van der Waals surface area contributed by atoms with Crippen molar-refractivity contribution in [2.75, 3.05) is 11.9 Å². The zero-order valence-corrected chi connectivity index (χ0v) is 19.9. The first kappa shape index (κ1) is 24.0. The summed E-state index contributed by atoms with van der Waals surface area (Å²) < 4.78 is 1.75. The van der Waals surface area contributed by atoms with Crippen molar-refractivity contribution in [3.63, 3.8) is 0 Å². The average molecular weight is 467 g/mol. The summed E-state index contributed by atoms with van der Waals surface area (Å²) >= 11 is 0. The predicted octanol–water partition coefficient (Wildman–Crippen LogP) is 5.32. The van der Waals surface area contributed by atoms with E-state index in [-0.39, 0.29) is 18.2 Å². The summed E-state index contributed by atoms with van der Waals surface area (Å²) in [6.45, 7) is 2.62. The average Bonchev–Trinajstić information content (AvgIpc) is 3.29. The second-order valence-electron chi connectivity index (χ2n) is 8.52. The van der Waals surface area contributed by atoms with Crippen LogP contribution in [0.5, 0.6) is 0 Å². The Hall–Kier alpha value is -4.19. The topological polar surface area (TPSA) is 76.0 Å². The molecule has 0 spiro atoms. The molecule has 1 heterocycles. The predicted molar refractivity (Wildman–Crippen MR) is 139 cm³/mol. The third-order valence-corrected chi connectivity index (χ3v) is 5.71. The lowest BCUT2D eigenvalue weighted by atomic mass is 10.1. The summed E-state index contributed by atoms with van der Waals surface area (Å²) in [6, 6.07) is 29.8. The summed E-state index contributed by atoms with van der Waals surface area (Å²) in [5.74, 6) is 0.421. The van der Waals surface area contributed by atoms with Gasteiger partial charge in [0.25, 0.3) is 0 Å². The van der Waals surface area contributed by atoms with Crippen LogP contribution in [-0.4, -0.2) is 28.1 Å². The molecule has 0 unspecified atom stereocenters. The molecular weight excluding hydrogens is 436 g/mol. The van der Waals surface area contributed by atoms with Gasteiger partial charge in [0.2, 0.25) is 11.8 Å². The first-order valence-corrected chi connectivity index (χ1v) is 11.9. The third kappa shape index (κ3) is 6.90. The fraction of sp³-hybridized carbons (Fsp3) is 0.207. The minimum atomic E-state index is -0.144. The quantitative estimate of drug-likeness (QED) is 0.332. The molecule has 1 aromatic heterocycles. The number of aromatic nitrogens is 2. The number of hydrogen-bond acceptors (Lipinski definition) is 3. The van der Waals surface area contributed by atoms with E-state index in [2.05, 4.69) is 10.6 Å². The van der Waals surface area contributed by atoms with Gasteiger partial charge in [0, 0.05) is 31.0 Å². The number of nitrogens with one attached hydrogen (secondary N) is 2. The van der Waals surface area contributed by atoms with Crippen LogP contribution in [0, 0.1) is 6.92 Å². The molecule has 4 rings (SSSR count). The van der Waals surface area contributed by atoms with Gasteiger partial charge in [-0.3, -0.25) is 9.59 Å². The molecule has 6 nitrogen and oxygen atoms in total. The highest BCUT2D eigenvalue weighted by Crippen LogP contribution is 2.25. The van der Waals surface area contributed by atoms with Crippen LogP contribution in [0.1, 0.15) is 30.4 Å². The SMILES string of the molecule is Cc1ccc(-n2nc(-c3ccccc3)cc2NC(=O)CCCC(=O)NCCc2ccccc2)cc1. The number of rotatable bonds is 10. The Bertz CT molecular complexity index is 1250. The summed E-state index contributed by atoms with van der Waals surface area (Å²) in [6.07, 6.45) is 1.84. The van der Waals surface area contributed by atoms with Crippen LogP contribution in [0.4, 0.5) is 5.82 Å². The van der Waals surface area contributed by atoms with Gasteiger partial charge in [-0.2, -0.15) is 5.10 Å². The molecule has 0 saturated heterocycles. The number of carbonyl (C=O) groups is 2. The van der Waals surface area contributed by atoms with Gasteiger partial charge in [-0.15, -0.1) is 0 Å². The fourth-order valence-electron chi connectivity index (χ4n) is 3.80. The van der Waals surface area contributed by atoms with E-state index in [0.717, 1.165) is 28.9 Å². The fourth-order valence-corrected chi connectivity index (χ4v) is 3.80. The second-order valence-corrected chi connectivity index (χ2v) is 8.52. The molecule has 0 atom stereocenters. The molecule has 0 saturated carbocycles. The zero-order valence-electron chi connectivity index (χ0n) is 19.9. The molecule has 2 amide bonds. The molecule has 4 aromatic rings. The number of aryl methyl sites for hydroxylation is 1. The second kappa shape index (κ2) is 11.8. The van der Waals surface area contributed by atoms with E-state index in [4.69, 9.17) is 5.10 Å². The Morgan fingerprint density at radius 2 is 1.49 bits per heavy atom. The monoisotopic (exact) mass is 466 g/mol. The maximum Gasteiger partial charge on any atom is 0.225 e. The van der Waals surface area contributed by atoms with Crippen molar-refractivity contribution < 1.29 is 9.59 Å². The zero-order chi connectivity index (χ0) is 24.5. The van der Waals surface area contributed by atoms with E-state index in [1.54, 1.807) is 4.68 Å². The van der Waals surface area contributed by atoms with Crippen LogP contribution < -0.4 is 10.6 Å². The number of nitrogens with zero attached hydrogens (tertiary/aromatic N) is 2. The standard InChI is InChI=1S/C29H30N4O2/c1-22-15-17-25(18-16-22)33-27(21-26(32-33)24-11-6-3-7-12-24)31-29(35)14-8-13-28(34)30-20-19-23-9-4-2-5-10-23/h2-7,9-12,15-18,21H,8,13-14,19-20H2,1H3,(H,30,34)(H,31,35). The summed E-state index contributed by atoms with van der Waals surface area (Å²) in [5.41, 5.74) is 4.95. The summed E-state index contributed by atoms with van der Waals surface area (Å²) in [5, 5.41) is 10.6. The summed E-state index contributed by atoms with van der Waals surface area (Å²) in [4.78, 5) is 24.8. The largest absolute Gasteiger partial charge is 0.356 e. The van der Waals surface area contributed by atoms with Crippen LogP contribution in [0.3, 0.4) is 0 Å². The van der Waals surface area contributed by atoms with Gasteiger partial charge in [-0.05, 0) is 37.5 Å². The number of hydrogen-bond donors (Lipinski definition) is 2. The van der Waals surface area contributed by atoms with Gasteiger partial charge < -0.3 is 10.6 Å². The Kier molecular flexibility index (Phi) is 8.07. The van der Waals surface area contributed by atoms with E-state index in [0.29, 0.717) is 25.2 Å². The van der Waals surface area contributed by atoms with Crippen molar-refractivity contribution in [1.29, 1.82) is 0 Å². The van der Waals surface area contributed by atoms with Crippen molar-refractivity contribution in [3.8, 4) is 16.9 Å². The van der Waals surface area contributed by atoms with Crippen molar-refractivity contribution in [3.05, 3.63) is 102 Å². The highest BCUT2D eigenvalue weighted by atomic mass is 16.2. The van der Waals surface area contributed by atoms with Gasteiger partial charge in [0.05, 0.1) is 11.4 Å². The Morgan fingerprint density at radius 3 is 2.20 bits per heavy atom. The number of amides is 2. The highest BCUT2D eigenvalue weighted by molar-refractivity contribution is 5.91. The normalized spacial score (nSPS) is 10.7. The van der Waals surface area contributed by atoms with Crippen molar-refractivity contribution in [1.82, 2.24) is 15.1 Å². The van der Waals surface area contributed by atoms with Crippen LogP contribution in [0.15, 0.2) is 91.0 Å². The van der Waals surface area contributed by atoms with Crippen LogP contribution >= 0.6 is 0 Å². The lowest BCUT2D eigenvalue weighted by Gasteiger charge is -2.09. The van der Waals surface area contributed by atoms with Crippen molar-refractivity contribution in [2.24, 2.45) is 0 Å². The minimum absolute atomic E-state index is 0.0372. The van der Waals surface area contributed by atoms with Crippen LogP contribution in [0.2, 0.25) is 0 Å². The van der Waals surface area contributed by atoms with Gasteiger partial charge in [0.15, 0.2) is 0 Å². The third-order valence-electron chi connectivity index (χ3n) is 5.71. The maximum absolute atomic E-state index is 12.7. The molecule has 3 aromatic carbocycles. The van der Waals surface area contributed by atoms with Gasteiger partial charge in [-0.1, -0.05) is 78.4 Å². The molecule has 0 bridgehead atoms. The molecule has 0 aliphatic heterocycles. The molecule has 0 aliphatic rings. The lowest BCUT2D eigenvalue weighted by Crippen LogP contribution is -2.25. The first-order chi connectivity index (χ1) is 17.1. The van der Waals surface area contributed by atoms with Gasteiger partial charge in [0.1, 0.15) is 5.82 Å². The van der Waals surface area contributed by atoms with Crippen LogP contribution in [0.25, 0.3) is 16.9 Å². The van der Waals surface area contributed by atoms with E-state index < -0.39 is 0 Å². The lowest BCUT2D eigenvalue weighted by molar-refractivity contribution is -0.121. The summed E-state index contributed by atoms with van der Waals surface area (Å²) in [7, 11) is 0. The van der Waals surface area contributed by atoms with Crippen molar-refractivity contribution >= 4 is 17.6 Å². The maximum atomic E-state index is 12.7. The van der Waals surface area contributed by atoms with Gasteiger partial charge >= 0.3 is 0 Å². The molecule has 6 heteroatoms. The molecular formula is C29H30N4O2. The molecule has 35 heavy (non-hydrogen) atoms. The van der Waals surface area contributed by atoms with Crippen LogP contribution in [-0.2, 0) is 16.0 Å². The van der Waals surface area contributed by atoms with E-state index in [9.17, 15) is 9.59 Å². The molecule has 0 radical (unpaired) electrons. The number of carbonyl (C=O) groups excluding carboxylic acids is 2.